The first-order chi connectivity index (χ1) is 10.9. The average Bonchev–Trinajstić information content (AvgIpc) is 2.52. The van der Waals surface area contributed by atoms with Crippen LogP contribution in [0.5, 0.6) is 17.2 Å². The lowest BCUT2D eigenvalue weighted by molar-refractivity contribution is -0.923. The third-order valence-electron chi connectivity index (χ3n) is 4.97. The van der Waals surface area contributed by atoms with Gasteiger partial charge < -0.3 is 19.4 Å². The number of hydrogen-bond donors (Lipinski definition) is 2. The Bertz CT molecular complexity index is 707. The number of nitrogens with zero attached hydrogens (tertiary/aromatic N) is 1. The topological polar surface area (TPSA) is 49.7 Å². The standard InChI is InChI=1S/C19H23NO3/c1-20(2)9-8-14-11-18(22)19(23-3)12-16(14)17(20)10-13-4-6-15(21)7-5-13/h4-7,11-12,17H,8-10H2,1-3H3,(H-,21,22)/p+1/t17-/m1/s1. The van der Waals surface area contributed by atoms with Gasteiger partial charge in [-0.2, -0.15) is 0 Å². The Hall–Kier alpha value is -2.20. The van der Waals surface area contributed by atoms with Crippen molar-refractivity contribution >= 4 is 0 Å². The molecular formula is C19H24NO3+. The van der Waals surface area contributed by atoms with E-state index in [0.29, 0.717) is 5.75 Å². The minimum absolute atomic E-state index is 0.210. The van der Waals surface area contributed by atoms with Gasteiger partial charge in [-0.15, -0.1) is 0 Å². The van der Waals surface area contributed by atoms with Gasteiger partial charge in [-0.3, -0.25) is 0 Å². The first-order valence-electron chi connectivity index (χ1n) is 7.91. The summed E-state index contributed by atoms with van der Waals surface area (Å²) < 4.78 is 6.19. The first kappa shape index (κ1) is 15.7. The molecule has 4 nitrogen and oxygen atoms in total. The maximum Gasteiger partial charge on any atom is 0.161 e. The fourth-order valence-electron chi connectivity index (χ4n) is 3.47. The van der Waals surface area contributed by atoms with Gasteiger partial charge in [-0.05, 0) is 35.4 Å². The number of phenolic OH excluding ortho intramolecular Hbond substituents is 2. The molecule has 2 aromatic carbocycles. The van der Waals surface area contributed by atoms with Crippen LogP contribution >= 0.6 is 0 Å². The minimum Gasteiger partial charge on any atom is -0.508 e. The number of likely N-dealkylation sites (N-methyl/N-ethyl adjacent to an activating group) is 1. The van der Waals surface area contributed by atoms with Crippen LogP contribution in [0, 0.1) is 0 Å². The number of fused-ring (bicyclic) bond motifs is 1. The molecule has 122 valence electrons. The van der Waals surface area contributed by atoms with Crippen LogP contribution in [0.25, 0.3) is 0 Å². The van der Waals surface area contributed by atoms with Crippen LogP contribution < -0.4 is 4.74 Å². The molecule has 0 spiro atoms. The zero-order valence-electron chi connectivity index (χ0n) is 13.9. The van der Waals surface area contributed by atoms with Crippen LogP contribution in [0.2, 0.25) is 0 Å². The molecule has 1 atom stereocenters. The zero-order valence-corrected chi connectivity index (χ0v) is 13.9. The summed E-state index contributed by atoms with van der Waals surface area (Å²) in [6.07, 6.45) is 1.83. The predicted molar refractivity (Wildman–Crippen MR) is 89.9 cm³/mol. The smallest absolute Gasteiger partial charge is 0.161 e. The molecule has 3 rings (SSSR count). The number of phenols is 2. The van der Waals surface area contributed by atoms with Crippen LogP contribution in [-0.2, 0) is 12.8 Å². The number of ether oxygens (including phenoxy) is 1. The number of quaternary nitrogens is 1. The highest BCUT2D eigenvalue weighted by Gasteiger charge is 2.36. The Labute approximate surface area is 137 Å². The molecule has 2 N–H and O–H groups in total. The van der Waals surface area contributed by atoms with Gasteiger partial charge >= 0.3 is 0 Å². The van der Waals surface area contributed by atoms with E-state index in [4.69, 9.17) is 4.74 Å². The number of methoxy groups -OCH3 is 1. The SMILES string of the molecule is COc1cc2c(cc1O)CC[N+](C)(C)[C@@H]2Cc1ccc(O)cc1. The summed E-state index contributed by atoms with van der Waals surface area (Å²) in [7, 11) is 6.07. The fraction of sp³-hybridized carbons (Fsp3) is 0.368. The Morgan fingerprint density at radius 2 is 1.83 bits per heavy atom. The van der Waals surface area contributed by atoms with Gasteiger partial charge in [-0.25, -0.2) is 0 Å². The van der Waals surface area contributed by atoms with Crippen molar-refractivity contribution in [1.82, 2.24) is 0 Å². The van der Waals surface area contributed by atoms with Gasteiger partial charge in [0, 0.05) is 18.4 Å². The molecule has 1 heterocycles. The lowest BCUT2D eigenvalue weighted by atomic mass is 9.87. The molecule has 0 fully saturated rings. The van der Waals surface area contributed by atoms with E-state index >= 15 is 0 Å². The van der Waals surface area contributed by atoms with Crippen LogP contribution in [-0.4, -0.2) is 42.4 Å². The lowest BCUT2D eigenvalue weighted by Crippen LogP contribution is -2.48. The summed E-state index contributed by atoms with van der Waals surface area (Å²) in [6, 6.07) is 11.5. The average molecular weight is 314 g/mol. The molecule has 23 heavy (non-hydrogen) atoms. The maximum absolute atomic E-state index is 10.0. The summed E-state index contributed by atoms with van der Waals surface area (Å²) in [5.41, 5.74) is 3.63. The van der Waals surface area contributed by atoms with Crippen molar-refractivity contribution in [1.29, 1.82) is 0 Å². The van der Waals surface area contributed by atoms with Gasteiger partial charge in [0.2, 0.25) is 0 Å². The predicted octanol–water partition coefficient (Wildman–Crippen LogP) is 3.02. The van der Waals surface area contributed by atoms with E-state index in [1.165, 1.54) is 16.7 Å². The summed E-state index contributed by atoms with van der Waals surface area (Å²) in [5, 5.41) is 19.5. The molecule has 4 heteroatoms. The normalized spacial score (nSPS) is 19.2. The first-order valence-corrected chi connectivity index (χ1v) is 7.91. The van der Waals surface area contributed by atoms with E-state index < -0.39 is 0 Å². The van der Waals surface area contributed by atoms with Crippen molar-refractivity contribution in [2.75, 3.05) is 27.7 Å². The van der Waals surface area contributed by atoms with E-state index in [9.17, 15) is 10.2 Å². The monoisotopic (exact) mass is 314 g/mol. The van der Waals surface area contributed by atoms with Gasteiger partial charge in [0.15, 0.2) is 11.5 Å². The third kappa shape index (κ3) is 2.99. The van der Waals surface area contributed by atoms with E-state index in [1.54, 1.807) is 19.2 Å². The number of aromatic hydroxyl groups is 2. The van der Waals surface area contributed by atoms with Crippen molar-refractivity contribution in [2.45, 2.75) is 18.9 Å². The highest BCUT2D eigenvalue weighted by Crippen LogP contribution is 2.41. The van der Waals surface area contributed by atoms with E-state index in [1.807, 2.05) is 24.3 Å². The molecule has 0 unspecified atom stereocenters. The van der Waals surface area contributed by atoms with Crippen molar-refractivity contribution in [2.24, 2.45) is 0 Å². The minimum atomic E-state index is 0.210. The Morgan fingerprint density at radius 1 is 1.13 bits per heavy atom. The second-order valence-corrected chi connectivity index (χ2v) is 6.86. The van der Waals surface area contributed by atoms with Crippen LogP contribution in [0.1, 0.15) is 22.7 Å². The highest BCUT2D eigenvalue weighted by atomic mass is 16.5. The lowest BCUT2D eigenvalue weighted by Gasteiger charge is -2.43. The summed E-state index contributed by atoms with van der Waals surface area (Å²) in [5.74, 6) is 1.03. The van der Waals surface area contributed by atoms with Crippen molar-refractivity contribution in [3.05, 3.63) is 53.1 Å². The molecule has 0 radical (unpaired) electrons. The van der Waals surface area contributed by atoms with Gasteiger partial charge in [0.05, 0.1) is 27.7 Å². The van der Waals surface area contributed by atoms with Crippen molar-refractivity contribution in [3.63, 3.8) is 0 Å². The summed E-state index contributed by atoms with van der Waals surface area (Å²) >= 11 is 0. The third-order valence-corrected chi connectivity index (χ3v) is 4.97. The van der Waals surface area contributed by atoms with Crippen molar-refractivity contribution in [3.8, 4) is 17.2 Å². The largest absolute Gasteiger partial charge is 0.508 e. The maximum atomic E-state index is 10.0. The molecule has 0 bridgehead atoms. The van der Waals surface area contributed by atoms with Gasteiger partial charge in [0.25, 0.3) is 0 Å². The number of rotatable bonds is 3. The highest BCUT2D eigenvalue weighted by molar-refractivity contribution is 5.48. The summed E-state index contributed by atoms with van der Waals surface area (Å²) in [4.78, 5) is 0. The molecule has 0 saturated heterocycles. The molecule has 0 amide bonds. The molecule has 1 aliphatic heterocycles. The van der Waals surface area contributed by atoms with Crippen LogP contribution in [0.3, 0.4) is 0 Å². The van der Waals surface area contributed by atoms with Crippen LogP contribution in [0.15, 0.2) is 36.4 Å². The quantitative estimate of drug-likeness (QED) is 0.856. The number of benzene rings is 2. The van der Waals surface area contributed by atoms with Crippen LogP contribution in [0.4, 0.5) is 0 Å². The van der Waals surface area contributed by atoms with E-state index in [0.717, 1.165) is 23.9 Å². The Morgan fingerprint density at radius 3 is 2.48 bits per heavy atom. The molecule has 1 aliphatic rings. The van der Waals surface area contributed by atoms with Gasteiger partial charge in [-0.1, -0.05) is 12.1 Å². The molecule has 2 aromatic rings. The molecule has 0 saturated carbocycles. The second-order valence-electron chi connectivity index (χ2n) is 6.86. The van der Waals surface area contributed by atoms with Crippen molar-refractivity contribution < 1.29 is 19.4 Å². The Balaban J connectivity index is 2.02. The number of hydrogen-bond acceptors (Lipinski definition) is 3. The second kappa shape index (κ2) is 5.78. The van der Waals surface area contributed by atoms with E-state index in [-0.39, 0.29) is 17.5 Å². The molecule has 0 aliphatic carbocycles. The van der Waals surface area contributed by atoms with Gasteiger partial charge in [0.1, 0.15) is 11.8 Å². The fourth-order valence-corrected chi connectivity index (χ4v) is 3.47. The summed E-state index contributed by atoms with van der Waals surface area (Å²) in [6.45, 7) is 1.03. The molecule has 0 aromatic heterocycles. The zero-order chi connectivity index (χ0) is 16.6. The molecular weight excluding hydrogens is 290 g/mol. The Kier molecular flexibility index (Phi) is 3.94. The van der Waals surface area contributed by atoms with E-state index in [2.05, 4.69) is 14.1 Å².